The van der Waals surface area contributed by atoms with Gasteiger partial charge in [0, 0.05) is 24.1 Å². The van der Waals surface area contributed by atoms with Gasteiger partial charge in [0.25, 0.3) is 5.91 Å². The van der Waals surface area contributed by atoms with Gasteiger partial charge < -0.3 is 14.2 Å². The van der Waals surface area contributed by atoms with E-state index in [0.29, 0.717) is 11.0 Å². The molecule has 2 aliphatic heterocycles. The summed E-state index contributed by atoms with van der Waals surface area (Å²) in [5.74, 6) is -0.574. The Balaban J connectivity index is 1.82. The number of likely N-dealkylation sites (tertiary alicyclic amines) is 1. The molecular formula is C17H23BFNO3. The summed E-state index contributed by atoms with van der Waals surface area (Å²) in [6, 6.07) is 4.55. The summed E-state index contributed by atoms with van der Waals surface area (Å²) in [6.45, 7) is 9.21. The summed E-state index contributed by atoms with van der Waals surface area (Å²) in [4.78, 5) is 14.1. The van der Waals surface area contributed by atoms with Crippen molar-refractivity contribution in [1.82, 2.24) is 4.90 Å². The summed E-state index contributed by atoms with van der Waals surface area (Å²) >= 11 is 0. The first kappa shape index (κ1) is 16.5. The molecule has 4 nitrogen and oxygen atoms in total. The fourth-order valence-corrected chi connectivity index (χ4v) is 2.92. The van der Waals surface area contributed by atoms with Crippen molar-refractivity contribution in [2.75, 3.05) is 13.1 Å². The molecule has 0 unspecified atom stereocenters. The minimum atomic E-state index is -0.754. The number of halogens is 1. The largest absolute Gasteiger partial charge is 0.497 e. The number of hydrogen-bond acceptors (Lipinski definition) is 3. The van der Waals surface area contributed by atoms with Crippen LogP contribution in [-0.2, 0) is 9.31 Å². The van der Waals surface area contributed by atoms with Gasteiger partial charge in [-0.15, -0.1) is 0 Å². The fourth-order valence-electron chi connectivity index (χ4n) is 2.92. The molecule has 0 aliphatic carbocycles. The van der Waals surface area contributed by atoms with Crippen LogP contribution in [0.1, 0.15) is 50.9 Å². The predicted octanol–water partition coefficient (Wildman–Crippen LogP) is 2.36. The minimum Gasteiger partial charge on any atom is -0.399 e. The van der Waals surface area contributed by atoms with Crippen LogP contribution in [0.25, 0.3) is 0 Å². The van der Waals surface area contributed by atoms with Gasteiger partial charge in [-0.1, -0.05) is 6.07 Å². The molecule has 0 radical (unpaired) electrons. The average molecular weight is 319 g/mol. The van der Waals surface area contributed by atoms with E-state index in [1.54, 1.807) is 17.0 Å². The van der Waals surface area contributed by atoms with Crippen molar-refractivity contribution >= 4 is 18.5 Å². The number of carbonyl (C=O) groups excluding carboxylic acids is 1. The second-order valence-electron chi connectivity index (χ2n) is 7.32. The van der Waals surface area contributed by atoms with Crippen LogP contribution in [0.3, 0.4) is 0 Å². The number of amides is 1. The Morgan fingerprint density at radius 1 is 1.13 bits per heavy atom. The normalized spacial score (nSPS) is 22.7. The molecule has 2 heterocycles. The molecule has 1 amide bonds. The minimum absolute atomic E-state index is 0.109. The van der Waals surface area contributed by atoms with Crippen molar-refractivity contribution in [3.63, 3.8) is 0 Å². The van der Waals surface area contributed by atoms with Gasteiger partial charge in [0.2, 0.25) is 0 Å². The third-order valence-corrected chi connectivity index (χ3v) is 5.15. The van der Waals surface area contributed by atoms with Crippen molar-refractivity contribution < 1.29 is 18.5 Å². The Hall–Kier alpha value is -1.40. The first-order valence-electron chi connectivity index (χ1n) is 8.16. The molecular weight excluding hydrogens is 296 g/mol. The van der Waals surface area contributed by atoms with Gasteiger partial charge in [0.15, 0.2) is 0 Å². The zero-order valence-electron chi connectivity index (χ0n) is 14.2. The SMILES string of the molecule is CC1(C)OB(c2ccc(C(=O)N3CCCC3)cc2F)OC1(C)C. The van der Waals surface area contributed by atoms with E-state index in [-0.39, 0.29) is 5.91 Å². The molecule has 1 aromatic carbocycles. The summed E-state index contributed by atoms with van der Waals surface area (Å²) < 4.78 is 26.3. The standard InChI is InChI=1S/C17H23BFNO3/c1-16(2)17(3,4)23-18(22-16)13-8-7-12(11-14(13)19)15(21)20-9-5-6-10-20/h7-8,11H,5-6,9-10H2,1-4H3. The van der Waals surface area contributed by atoms with Gasteiger partial charge in [-0.2, -0.15) is 0 Å². The van der Waals surface area contributed by atoms with Gasteiger partial charge in [-0.3, -0.25) is 4.79 Å². The predicted molar refractivity (Wildman–Crippen MR) is 87.3 cm³/mol. The van der Waals surface area contributed by atoms with E-state index in [0.717, 1.165) is 25.9 Å². The van der Waals surface area contributed by atoms with E-state index in [1.807, 2.05) is 27.7 Å². The molecule has 0 saturated carbocycles. The van der Waals surface area contributed by atoms with Crippen molar-refractivity contribution in [2.45, 2.75) is 51.7 Å². The molecule has 23 heavy (non-hydrogen) atoms. The van der Waals surface area contributed by atoms with Gasteiger partial charge in [0.1, 0.15) is 5.82 Å². The van der Waals surface area contributed by atoms with Crippen LogP contribution in [0.2, 0.25) is 0 Å². The van der Waals surface area contributed by atoms with Gasteiger partial charge in [-0.05, 0) is 52.7 Å². The molecule has 124 valence electrons. The van der Waals surface area contributed by atoms with Crippen molar-refractivity contribution in [2.24, 2.45) is 0 Å². The van der Waals surface area contributed by atoms with Crippen LogP contribution in [-0.4, -0.2) is 42.2 Å². The number of benzene rings is 1. The molecule has 2 saturated heterocycles. The quantitative estimate of drug-likeness (QED) is 0.786. The lowest BCUT2D eigenvalue weighted by molar-refractivity contribution is 0.00578. The molecule has 2 aliphatic rings. The monoisotopic (exact) mass is 319 g/mol. The fraction of sp³-hybridized carbons (Fsp3) is 0.588. The summed E-state index contributed by atoms with van der Waals surface area (Å²) in [5, 5.41) is 0. The van der Waals surface area contributed by atoms with E-state index >= 15 is 0 Å². The van der Waals surface area contributed by atoms with Crippen LogP contribution in [0.15, 0.2) is 18.2 Å². The van der Waals surface area contributed by atoms with E-state index in [4.69, 9.17) is 9.31 Å². The van der Waals surface area contributed by atoms with Gasteiger partial charge in [0.05, 0.1) is 11.2 Å². The maximum Gasteiger partial charge on any atom is 0.497 e. The molecule has 2 fully saturated rings. The third-order valence-electron chi connectivity index (χ3n) is 5.15. The first-order chi connectivity index (χ1) is 10.7. The number of carbonyl (C=O) groups is 1. The lowest BCUT2D eigenvalue weighted by Gasteiger charge is -2.32. The van der Waals surface area contributed by atoms with Crippen LogP contribution >= 0.6 is 0 Å². The Morgan fingerprint density at radius 2 is 1.70 bits per heavy atom. The van der Waals surface area contributed by atoms with Crippen LogP contribution in [0, 0.1) is 5.82 Å². The van der Waals surface area contributed by atoms with Crippen molar-refractivity contribution in [1.29, 1.82) is 0 Å². The maximum atomic E-state index is 14.5. The first-order valence-corrected chi connectivity index (χ1v) is 8.16. The highest BCUT2D eigenvalue weighted by Gasteiger charge is 2.52. The van der Waals surface area contributed by atoms with Crippen LogP contribution in [0.4, 0.5) is 4.39 Å². The van der Waals surface area contributed by atoms with Crippen LogP contribution in [0.5, 0.6) is 0 Å². The molecule has 0 aromatic heterocycles. The van der Waals surface area contributed by atoms with Gasteiger partial charge in [-0.25, -0.2) is 4.39 Å². The number of hydrogen-bond donors (Lipinski definition) is 0. The molecule has 0 N–H and O–H groups in total. The number of nitrogens with zero attached hydrogens (tertiary/aromatic N) is 1. The summed E-state index contributed by atoms with van der Waals surface area (Å²) in [7, 11) is -0.754. The summed E-state index contributed by atoms with van der Waals surface area (Å²) in [5.41, 5.74) is -0.325. The maximum absolute atomic E-state index is 14.5. The molecule has 3 rings (SSSR count). The highest BCUT2D eigenvalue weighted by atomic mass is 19.1. The molecule has 6 heteroatoms. The Labute approximate surface area is 137 Å². The molecule has 1 aromatic rings. The highest BCUT2D eigenvalue weighted by Crippen LogP contribution is 2.36. The topological polar surface area (TPSA) is 38.8 Å². The van der Waals surface area contributed by atoms with E-state index in [2.05, 4.69) is 0 Å². The van der Waals surface area contributed by atoms with Gasteiger partial charge >= 0.3 is 7.12 Å². The average Bonchev–Trinajstić information content (AvgIpc) is 3.05. The van der Waals surface area contributed by atoms with Crippen molar-refractivity contribution in [3.05, 3.63) is 29.6 Å². The molecule has 0 atom stereocenters. The smallest absolute Gasteiger partial charge is 0.399 e. The van der Waals surface area contributed by atoms with E-state index in [9.17, 15) is 9.18 Å². The van der Waals surface area contributed by atoms with Crippen molar-refractivity contribution in [3.8, 4) is 0 Å². The molecule has 0 spiro atoms. The van der Waals surface area contributed by atoms with E-state index < -0.39 is 24.1 Å². The second-order valence-corrected chi connectivity index (χ2v) is 7.32. The summed E-state index contributed by atoms with van der Waals surface area (Å²) in [6.07, 6.45) is 2.03. The highest BCUT2D eigenvalue weighted by molar-refractivity contribution is 6.62. The zero-order valence-corrected chi connectivity index (χ0v) is 14.2. The zero-order chi connectivity index (χ0) is 16.8. The Morgan fingerprint density at radius 3 is 2.22 bits per heavy atom. The van der Waals surface area contributed by atoms with Crippen LogP contribution < -0.4 is 5.46 Å². The Kier molecular flexibility index (Phi) is 4.01. The number of rotatable bonds is 2. The third kappa shape index (κ3) is 2.90. The molecule has 0 bridgehead atoms. The lowest BCUT2D eigenvalue weighted by atomic mass is 9.78. The lowest BCUT2D eigenvalue weighted by Crippen LogP contribution is -2.41. The second kappa shape index (κ2) is 5.60. The Bertz CT molecular complexity index is 610. The van der Waals surface area contributed by atoms with E-state index in [1.165, 1.54) is 6.07 Å².